The van der Waals surface area contributed by atoms with Crippen molar-refractivity contribution in [3.8, 4) is 0 Å². The Morgan fingerprint density at radius 1 is 1.28 bits per heavy atom. The second-order valence-electron chi connectivity index (χ2n) is 3.72. The molecule has 0 aromatic heterocycles. The Kier molecular flexibility index (Phi) is 5.81. The molecular formula is C12H12BrF3O2. The molecule has 0 heterocycles. The number of carbonyl (C=O) groups excluding carboxylic acids is 1. The molecule has 0 saturated carbocycles. The van der Waals surface area contributed by atoms with Crippen molar-refractivity contribution in [2.45, 2.75) is 19.0 Å². The van der Waals surface area contributed by atoms with Gasteiger partial charge in [-0.3, -0.25) is 4.79 Å². The first-order chi connectivity index (χ1) is 8.38. The maximum atomic E-state index is 11.8. The zero-order valence-corrected chi connectivity index (χ0v) is 11.1. The fraction of sp³-hybridized carbons (Fsp3) is 0.417. The zero-order valence-electron chi connectivity index (χ0n) is 9.47. The molecule has 0 aliphatic carbocycles. The number of Topliss-reactive ketones (excluding diaryl/α,β-unsaturated/α-hetero) is 1. The second kappa shape index (κ2) is 6.89. The van der Waals surface area contributed by atoms with Crippen LogP contribution in [0.3, 0.4) is 0 Å². The summed E-state index contributed by atoms with van der Waals surface area (Å²) in [6.45, 7) is -1.52. The molecular weight excluding hydrogens is 313 g/mol. The Morgan fingerprint density at radius 2 is 1.94 bits per heavy atom. The number of hydrogen-bond donors (Lipinski definition) is 0. The third-order valence-electron chi connectivity index (χ3n) is 2.14. The summed E-state index contributed by atoms with van der Waals surface area (Å²) < 4.78 is 40.5. The highest BCUT2D eigenvalue weighted by molar-refractivity contribution is 9.10. The summed E-state index contributed by atoms with van der Waals surface area (Å²) in [7, 11) is 0. The molecule has 0 bridgehead atoms. The first-order valence-corrected chi connectivity index (χ1v) is 6.07. The number of ether oxygens (including phenoxy) is 1. The lowest BCUT2D eigenvalue weighted by atomic mass is 10.1. The van der Waals surface area contributed by atoms with Crippen LogP contribution >= 0.6 is 15.9 Å². The number of halogens is 4. The fourth-order valence-electron chi connectivity index (χ4n) is 1.32. The molecule has 0 fully saturated rings. The van der Waals surface area contributed by atoms with Gasteiger partial charge in [0.25, 0.3) is 0 Å². The summed E-state index contributed by atoms with van der Waals surface area (Å²) in [5.41, 5.74) is 0.818. The zero-order chi connectivity index (χ0) is 13.6. The Labute approximate surface area is 111 Å². The van der Waals surface area contributed by atoms with Gasteiger partial charge in [-0.05, 0) is 11.6 Å². The lowest BCUT2D eigenvalue weighted by Crippen LogP contribution is -2.18. The maximum absolute atomic E-state index is 11.8. The lowest BCUT2D eigenvalue weighted by molar-refractivity contribution is -0.174. The third-order valence-corrected chi connectivity index (χ3v) is 2.91. The van der Waals surface area contributed by atoms with Gasteiger partial charge in [-0.1, -0.05) is 34.1 Å². The molecule has 0 aliphatic heterocycles. The van der Waals surface area contributed by atoms with Gasteiger partial charge in [-0.2, -0.15) is 13.2 Å². The van der Waals surface area contributed by atoms with Gasteiger partial charge in [0, 0.05) is 17.3 Å². The number of hydrogen-bond acceptors (Lipinski definition) is 2. The quantitative estimate of drug-likeness (QED) is 0.748. The minimum Gasteiger partial charge on any atom is -0.372 e. The Balaban J connectivity index is 2.29. The third kappa shape index (κ3) is 6.16. The fourth-order valence-corrected chi connectivity index (χ4v) is 1.74. The molecule has 0 amide bonds. The van der Waals surface area contributed by atoms with E-state index in [0.717, 1.165) is 10.0 Å². The molecule has 0 spiro atoms. The van der Waals surface area contributed by atoms with Crippen LogP contribution in [0.2, 0.25) is 0 Å². The average molecular weight is 325 g/mol. The van der Waals surface area contributed by atoms with Crippen LogP contribution in [-0.4, -0.2) is 25.2 Å². The van der Waals surface area contributed by atoms with Gasteiger partial charge in [-0.25, -0.2) is 0 Å². The van der Waals surface area contributed by atoms with Gasteiger partial charge < -0.3 is 4.74 Å². The molecule has 1 aromatic carbocycles. The summed E-state index contributed by atoms with van der Waals surface area (Å²) >= 11 is 3.30. The van der Waals surface area contributed by atoms with Gasteiger partial charge in [0.1, 0.15) is 12.4 Å². The maximum Gasteiger partial charge on any atom is 0.411 e. The van der Waals surface area contributed by atoms with Crippen LogP contribution in [-0.2, 0) is 16.0 Å². The minimum absolute atomic E-state index is 0.0165. The molecule has 6 heteroatoms. The Bertz CT molecular complexity index is 405. The Morgan fingerprint density at radius 3 is 2.56 bits per heavy atom. The van der Waals surface area contributed by atoms with E-state index in [1.165, 1.54) is 0 Å². The molecule has 0 N–H and O–H groups in total. The lowest BCUT2D eigenvalue weighted by Gasteiger charge is -2.07. The SMILES string of the molecule is O=C(CCOCC(F)(F)F)Cc1ccccc1Br. The van der Waals surface area contributed by atoms with Crippen LogP contribution < -0.4 is 0 Å². The van der Waals surface area contributed by atoms with Crippen molar-refractivity contribution in [3.63, 3.8) is 0 Å². The van der Waals surface area contributed by atoms with Gasteiger partial charge >= 0.3 is 6.18 Å². The minimum atomic E-state index is -4.34. The summed E-state index contributed by atoms with van der Waals surface area (Å²) in [4.78, 5) is 11.5. The normalized spacial score (nSPS) is 11.6. The Hall–Kier alpha value is -0.880. The van der Waals surface area contributed by atoms with Crippen LogP contribution in [0.4, 0.5) is 13.2 Å². The van der Waals surface area contributed by atoms with Crippen LogP contribution in [0.5, 0.6) is 0 Å². The predicted molar refractivity (Wildman–Crippen MR) is 64.3 cm³/mol. The summed E-state index contributed by atoms with van der Waals surface area (Å²) in [6.07, 6.45) is -4.17. The molecule has 1 rings (SSSR count). The van der Waals surface area contributed by atoms with Gasteiger partial charge in [0.2, 0.25) is 0 Å². The van der Waals surface area contributed by atoms with E-state index in [2.05, 4.69) is 20.7 Å². The van der Waals surface area contributed by atoms with Crippen molar-refractivity contribution < 1.29 is 22.7 Å². The number of alkyl halides is 3. The van der Waals surface area contributed by atoms with Crippen LogP contribution in [0.1, 0.15) is 12.0 Å². The number of ketones is 1. The van der Waals surface area contributed by atoms with E-state index < -0.39 is 12.8 Å². The predicted octanol–water partition coefficient (Wildman–Crippen LogP) is 3.53. The van der Waals surface area contributed by atoms with Gasteiger partial charge in [-0.15, -0.1) is 0 Å². The van der Waals surface area contributed by atoms with Crippen molar-refractivity contribution >= 4 is 21.7 Å². The molecule has 2 nitrogen and oxygen atoms in total. The second-order valence-corrected chi connectivity index (χ2v) is 4.58. The van der Waals surface area contributed by atoms with Crippen molar-refractivity contribution in [2.24, 2.45) is 0 Å². The standard InChI is InChI=1S/C12H12BrF3O2/c13-11-4-2-1-3-9(11)7-10(17)5-6-18-8-12(14,15)16/h1-4H,5-8H2. The van der Waals surface area contributed by atoms with Gasteiger partial charge in [0.05, 0.1) is 6.61 Å². The van der Waals surface area contributed by atoms with Crippen LogP contribution in [0.25, 0.3) is 0 Å². The highest BCUT2D eigenvalue weighted by atomic mass is 79.9. The van der Waals surface area contributed by atoms with E-state index in [4.69, 9.17) is 0 Å². The topological polar surface area (TPSA) is 26.3 Å². The highest BCUT2D eigenvalue weighted by Crippen LogP contribution is 2.17. The van der Waals surface area contributed by atoms with Crippen molar-refractivity contribution in [3.05, 3.63) is 34.3 Å². The molecule has 0 radical (unpaired) electrons. The molecule has 100 valence electrons. The molecule has 0 aliphatic rings. The summed E-state index contributed by atoms with van der Waals surface area (Å²) in [6, 6.07) is 7.22. The average Bonchev–Trinajstić information content (AvgIpc) is 2.26. The van der Waals surface area contributed by atoms with E-state index in [-0.39, 0.29) is 25.2 Å². The first kappa shape index (κ1) is 15.2. The van der Waals surface area contributed by atoms with Crippen LogP contribution in [0.15, 0.2) is 28.7 Å². The van der Waals surface area contributed by atoms with Crippen molar-refractivity contribution in [1.29, 1.82) is 0 Å². The molecule has 18 heavy (non-hydrogen) atoms. The summed E-state index contributed by atoms with van der Waals surface area (Å²) in [5.74, 6) is -0.149. The van der Waals surface area contributed by atoms with Crippen molar-refractivity contribution in [2.75, 3.05) is 13.2 Å². The van der Waals surface area contributed by atoms with E-state index in [1.54, 1.807) is 12.1 Å². The van der Waals surface area contributed by atoms with E-state index in [0.29, 0.717) is 0 Å². The van der Waals surface area contributed by atoms with Crippen LogP contribution in [0, 0.1) is 0 Å². The van der Waals surface area contributed by atoms with E-state index >= 15 is 0 Å². The number of benzene rings is 1. The molecule has 0 atom stereocenters. The molecule has 1 aromatic rings. The molecule has 0 saturated heterocycles. The molecule has 0 unspecified atom stereocenters. The van der Waals surface area contributed by atoms with Crippen molar-refractivity contribution in [1.82, 2.24) is 0 Å². The summed E-state index contributed by atoms with van der Waals surface area (Å²) in [5, 5.41) is 0. The van der Waals surface area contributed by atoms with E-state index in [1.807, 2.05) is 12.1 Å². The van der Waals surface area contributed by atoms with E-state index in [9.17, 15) is 18.0 Å². The van der Waals surface area contributed by atoms with Gasteiger partial charge in [0.15, 0.2) is 0 Å². The highest BCUT2D eigenvalue weighted by Gasteiger charge is 2.27. The number of rotatable bonds is 6. The smallest absolute Gasteiger partial charge is 0.372 e. The number of carbonyl (C=O) groups is 1. The first-order valence-electron chi connectivity index (χ1n) is 5.28. The monoisotopic (exact) mass is 324 g/mol. The largest absolute Gasteiger partial charge is 0.411 e.